The molecule has 1 unspecified atom stereocenters. The number of aliphatic imine (C=N–C) groups is 1. The Bertz CT molecular complexity index is 569. The number of phenols is 1. The van der Waals surface area contributed by atoms with Crippen molar-refractivity contribution in [1.29, 1.82) is 0 Å². The zero-order chi connectivity index (χ0) is 13.6. The monoisotopic (exact) mass is 279 g/mol. The third kappa shape index (κ3) is 2.26. The Kier molecular flexibility index (Phi) is 2.86. The predicted molar refractivity (Wildman–Crippen MR) is 72.3 cm³/mol. The Hall–Kier alpha value is -1.75. The number of rotatable bonds is 3. The second-order valence-electron chi connectivity index (χ2n) is 5.03. The van der Waals surface area contributed by atoms with E-state index in [-0.39, 0.29) is 28.7 Å². The third-order valence-corrected chi connectivity index (χ3v) is 3.80. The predicted octanol–water partition coefficient (Wildman–Crippen LogP) is 2.29. The molecule has 1 fully saturated rings. The lowest BCUT2D eigenvalue weighted by molar-refractivity contribution is 0.204. The molecule has 0 radical (unpaired) electrons. The van der Waals surface area contributed by atoms with Crippen LogP contribution in [0.2, 0.25) is 5.02 Å². The number of amidine groups is 1. The highest BCUT2D eigenvalue weighted by atomic mass is 35.5. The lowest BCUT2D eigenvalue weighted by Gasteiger charge is -2.24. The van der Waals surface area contributed by atoms with Gasteiger partial charge in [0.1, 0.15) is 17.6 Å². The lowest BCUT2D eigenvalue weighted by atomic mass is 10.0. The van der Waals surface area contributed by atoms with Crippen LogP contribution < -0.4 is 5.73 Å². The Morgan fingerprint density at radius 2 is 2.21 bits per heavy atom. The van der Waals surface area contributed by atoms with Gasteiger partial charge in [0, 0.05) is 6.54 Å². The van der Waals surface area contributed by atoms with Crippen molar-refractivity contribution in [3.63, 3.8) is 0 Å². The quantitative estimate of drug-likeness (QED) is 0.891. The van der Waals surface area contributed by atoms with Gasteiger partial charge in [-0.2, -0.15) is 4.99 Å². The van der Waals surface area contributed by atoms with Gasteiger partial charge in [0.25, 0.3) is 0 Å². The van der Waals surface area contributed by atoms with Crippen LogP contribution in [0, 0.1) is 5.92 Å². The number of carbonyl (C=O) groups excluding carboxylic acids is 1. The van der Waals surface area contributed by atoms with Crippen LogP contribution in [0.4, 0.5) is 4.79 Å². The van der Waals surface area contributed by atoms with Gasteiger partial charge in [-0.05, 0) is 36.5 Å². The van der Waals surface area contributed by atoms with Crippen LogP contribution in [-0.2, 0) is 0 Å². The minimum absolute atomic E-state index is 0.0130. The maximum absolute atomic E-state index is 11.9. The second kappa shape index (κ2) is 4.42. The molecule has 3 N–H and O–H groups in total. The highest BCUT2D eigenvalue weighted by Gasteiger charge is 2.38. The van der Waals surface area contributed by atoms with Crippen molar-refractivity contribution < 1.29 is 9.90 Å². The summed E-state index contributed by atoms with van der Waals surface area (Å²) in [5.41, 5.74) is 6.63. The van der Waals surface area contributed by atoms with Crippen LogP contribution in [-0.4, -0.2) is 28.4 Å². The highest BCUT2D eigenvalue weighted by molar-refractivity contribution is 6.32. The summed E-state index contributed by atoms with van der Waals surface area (Å²) in [7, 11) is 0. The highest BCUT2D eigenvalue weighted by Crippen LogP contribution is 2.36. The lowest BCUT2D eigenvalue weighted by Crippen LogP contribution is -2.34. The van der Waals surface area contributed by atoms with Crippen molar-refractivity contribution in [2.24, 2.45) is 16.6 Å². The van der Waals surface area contributed by atoms with E-state index in [4.69, 9.17) is 17.3 Å². The van der Waals surface area contributed by atoms with Crippen molar-refractivity contribution in [3.05, 3.63) is 28.8 Å². The van der Waals surface area contributed by atoms with E-state index in [2.05, 4.69) is 4.99 Å². The van der Waals surface area contributed by atoms with Crippen molar-refractivity contribution in [3.8, 4) is 5.75 Å². The normalized spacial score (nSPS) is 22.8. The molecule has 1 aromatic rings. The van der Waals surface area contributed by atoms with E-state index < -0.39 is 0 Å². The average Bonchev–Trinajstić information content (AvgIpc) is 3.11. The maximum Gasteiger partial charge on any atom is 0.346 e. The molecule has 1 aliphatic carbocycles. The molecule has 0 aromatic heterocycles. The van der Waals surface area contributed by atoms with Crippen molar-refractivity contribution in [2.75, 3.05) is 6.54 Å². The molecule has 1 saturated carbocycles. The number of benzene rings is 1. The zero-order valence-electron chi connectivity index (χ0n) is 10.2. The third-order valence-electron chi connectivity index (χ3n) is 3.50. The minimum atomic E-state index is -0.369. The van der Waals surface area contributed by atoms with E-state index in [1.807, 2.05) is 0 Å². The molecule has 100 valence electrons. The molecular weight excluding hydrogens is 266 g/mol. The number of aromatic hydroxyl groups is 1. The van der Waals surface area contributed by atoms with Crippen LogP contribution in [0.3, 0.4) is 0 Å². The van der Waals surface area contributed by atoms with Crippen molar-refractivity contribution in [1.82, 2.24) is 4.90 Å². The number of urea groups is 1. The summed E-state index contributed by atoms with van der Waals surface area (Å²) in [6.45, 7) is 0.673. The number of nitrogens with zero attached hydrogens (tertiary/aromatic N) is 2. The molecule has 1 heterocycles. The van der Waals surface area contributed by atoms with Gasteiger partial charge < -0.3 is 15.7 Å². The first-order chi connectivity index (χ1) is 9.06. The summed E-state index contributed by atoms with van der Waals surface area (Å²) in [5, 5.41) is 9.70. The molecule has 2 amide bonds. The van der Waals surface area contributed by atoms with Crippen LogP contribution in [0.5, 0.6) is 5.75 Å². The van der Waals surface area contributed by atoms with Gasteiger partial charge in [-0.25, -0.2) is 4.79 Å². The first kappa shape index (κ1) is 12.3. The number of halogens is 1. The van der Waals surface area contributed by atoms with Gasteiger partial charge in [0.15, 0.2) is 0 Å². The molecule has 2 aliphatic rings. The van der Waals surface area contributed by atoms with Gasteiger partial charge >= 0.3 is 6.03 Å². The van der Waals surface area contributed by atoms with Crippen LogP contribution in [0.1, 0.15) is 24.4 Å². The number of phenolic OH excluding ortho intramolecular Hbond substituents is 1. The molecule has 0 spiro atoms. The topological polar surface area (TPSA) is 78.9 Å². The Morgan fingerprint density at radius 3 is 2.84 bits per heavy atom. The maximum atomic E-state index is 11.9. The summed E-state index contributed by atoms with van der Waals surface area (Å²) in [6, 6.07) is 4.18. The van der Waals surface area contributed by atoms with Gasteiger partial charge in [-0.1, -0.05) is 17.7 Å². The number of hydrogen-bond donors (Lipinski definition) is 2. The molecule has 1 atom stereocenters. The molecule has 0 bridgehead atoms. The summed E-state index contributed by atoms with van der Waals surface area (Å²) < 4.78 is 0. The largest absolute Gasteiger partial charge is 0.506 e. The van der Waals surface area contributed by atoms with Crippen molar-refractivity contribution >= 4 is 23.5 Å². The van der Waals surface area contributed by atoms with Gasteiger partial charge in [0.2, 0.25) is 0 Å². The van der Waals surface area contributed by atoms with Gasteiger partial charge in [0.05, 0.1) is 5.02 Å². The van der Waals surface area contributed by atoms with E-state index in [0.717, 1.165) is 18.4 Å². The molecule has 1 aromatic carbocycles. The smallest absolute Gasteiger partial charge is 0.346 e. The van der Waals surface area contributed by atoms with Crippen LogP contribution >= 0.6 is 11.6 Å². The summed E-state index contributed by atoms with van der Waals surface area (Å²) in [4.78, 5) is 17.4. The van der Waals surface area contributed by atoms with E-state index >= 15 is 0 Å². The summed E-state index contributed by atoms with van der Waals surface area (Å²) in [5.74, 6) is 0.853. The first-order valence-corrected chi connectivity index (χ1v) is 6.57. The molecule has 1 aliphatic heterocycles. The minimum Gasteiger partial charge on any atom is -0.506 e. The fourth-order valence-corrected chi connectivity index (χ4v) is 2.50. The van der Waals surface area contributed by atoms with E-state index in [1.165, 1.54) is 6.07 Å². The molecule has 19 heavy (non-hydrogen) atoms. The Labute approximate surface area is 115 Å². The number of nitrogens with two attached hydrogens (primary N) is 1. The Balaban J connectivity index is 1.92. The van der Waals surface area contributed by atoms with Crippen LogP contribution in [0.25, 0.3) is 0 Å². The Morgan fingerprint density at radius 1 is 1.47 bits per heavy atom. The fourth-order valence-electron chi connectivity index (χ4n) is 2.31. The van der Waals surface area contributed by atoms with E-state index in [9.17, 15) is 9.90 Å². The van der Waals surface area contributed by atoms with Gasteiger partial charge in [-0.15, -0.1) is 0 Å². The number of amides is 2. The SMILES string of the molecule is NC1=NC(=O)N(CC2CC2)C1c1ccc(O)c(Cl)c1. The number of carbonyl (C=O) groups is 1. The zero-order valence-corrected chi connectivity index (χ0v) is 11.0. The standard InChI is InChI=1S/C13H14ClN3O2/c14-9-5-8(3-4-10(9)18)11-12(15)16-13(19)17(11)6-7-1-2-7/h3-5,7,11,18H,1-2,6H2,(H2,15,16,19). The molecule has 5 nitrogen and oxygen atoms in total. The molecule has 3 rings (SSSR count). The molecular formula is C13H14ClN3O2. The van der Waals surface area contributed by atoms with E-state index in [1.54, 1.807) is 17.0 Å². The van der Waals surface area contributed by atoms with Gasteiger partial charge in [-0.3, -0.25) is 0 Å². The van der Waals surface area contributed by atoms with Crippen LogP contribution in [0.15, 0.2) is 23.2 Å². The second-order valence-corrected chi connectivity index (χ2v) is 5.44. The first-order valence-electron chi connectivity index (χ1n) is 6.19. The summed E-state index contributed by atoms with van der Waals surface area (Å²) in [6.07, 6.45) is 2.29. The average molecular weight is 280 g/mol. The fraction of sp³-hybridized carbons (Fsp3) is 0.385. The van der Waals surface area contributed by atoms with Crippen molar-refractivity contribution in [2.45, 2.75) is 18.9 Å². The number of hydrogen-bond acceptors (Lipinski definition) is 3. The molecule has 6 heteroatoms. The molecule has 0 saturated heterocycles. The summed E-state index contributed by atoms with van der Waals surface area (Å²) >= 11 is 5.91. The van der Waals surface area contributed by atoms with E-state index in [0.29, 0.717) is 12.5 Å².